The molecule has 21 heavy (non-hydrogen) atoms. The highest BCUT2D eigenvalue weighted by atomic mass is 19.1. The van der Waals surface area contributed by atoms with Gasteiger partial charge in [0.25, 0.3) is 11.8 Å². The number of nitrogens with one attached hydrogen (secondary N) is 1. The number of likely N-dealkylation sites (N-methyl/N-ethyl adjacent to an activating group) is 1. The third-order valence-electron chi connectivity index (χ3n) is 3.30. The van der Waals surface area contributed by atoms with Gasteiger partial charge in [-0.25, -0.2) is 4.39 Å². The van der Waals surface area contributed by atoms with E-state index in [-0.39, 0.29) is 24.0 Å². The molecule has 1 aliphatic rings. The fraction of sp³-hybridized carbons (Fsp3) is 0.286. The van der Waals surface area contributed by atoms with E-state index in [4.69, 9.17) is 0 Å². The predicted molar refractivity (Wildman–Crippen MR) is 70.1 cm³/mol. The molecule has 7 heteroatoms. The maximum atomic E-state index is 13.2. The Bertz CT molecular complexity index is 629. The summed E-state index contributed by atoms with van der Waals surface area (Å²) >= 11 is 0. The maximum Gasteiger partial charge on any atom is 0.262 e. The highest BCUT2D eigenvalue weighted by molar-refractivity contribution is 6.22. The number of imide groups is 1. The lowest BCUT2D eigenvalue weighted by atomic mass is 10.1. The minimum Gasteiger partial charge on any atom is -0.357 e. The normalized spacial score (nSPS) is 14.9. The van der Waals surface area contributed by atoms with E-state index < -0.39 is 29.6 Å². The Hall–Kier alpha value is -2.57. The maximum absolute atomic E-state index is 13.2. The highest BCUT2D eigenvalue weighted by Gasteiger charge is 2.42. The Balaban J connectivity index is 2.39. The number of benzene rings is 1. The number of hydrogen-bond donors (Lipinski definition) is 1. The van der Waals surface area contributed by atoms with Gasteiger partial charge in [0.05, 0.1) is 11.1 Å². The number of nitrogens with zero attached hydrogens (tertiary/aromatic N) is 1. The van der Waals surface area contributed by atoms with Gasteiger partial charge in [-0.2, -0.15) is 0 Å². The standard InChI is InChI=1S/C14H13FN2O4/c1-16-12(19)11(3-2-6-18)17-13(20)9-5-4-8(15)7-10(9)14(17)21/h4-7,11H,2-3H2,1H3,(H,16,19). The summed E-state index contributed by atoms with van der Waals surface area (Å²) < 4.78 is 13.2. The van der Waals surface area contributed by atoms with E-state index in [0.717, 1.165) is 17.0 Å². The van der Waals surface area contributed by atoms with E-state index in [0.29, 0.717) is 6.29 Å². The Kier molecular flexibility index (Phi) is 4.11. The number of rotatable bonds is 5. The number of amides is 3. The Morgan fingerprint density at radius 1 is 1.33 bits per heavy atom. The van der Waals surface area contributed by atoms with Crippen LogP contribution in [0, 0.1) is 5.82 Å². The van der Waals surface area contributed by atoms with Crippen LogP contribution in [0.4, 0.5) is 4.39 Å². The van der Waals surface area contributed by atoms with E-state index in [1.807, 2.05) is 0 Å². The number of fused-ring (bicyclic) bond motifs is 1. The molecule has 0 aromatic heterocycles. The molecule has 2 rings (SSSR count). The largest absolute Gasteiger partial charge is 0.357 e. The van der Waals surface area contributed by atoms with Crippen LogP contribution in [0.15, 0.2) is 18.2 Å². The van der Waals surface area contributed by atoms with Gasteiger partial charge in [0, 0.05) is 13.5 Å². The van der Waals surface area contributed by atoms with Gasteiger partial charge in [-0.3, -0.25) is 19.3 Å². The monoisotopic (exact) mass is 292 g/mol. The van der Waals surface area contributed by atoms with Gasteiger partial charge in [0.1, 0.15) is 18.1 Å². The zero-order valence-corrected chi connectivity index (χ0v) is 11.3. The van der Waals surface area contributed by atoms with Crippen molar-refractivity contribution in [1.82, 2.24) is 10.2 Å². The molecule has 0 radical (unpaired) electrons. The molecule has 0 fully saturated rings. The average Bonchev–Trinajstić information content (AvgIpc) is 2.71. The van der Waals surface area contributed by atoms with Gasteiger partial charge in [0.2, 0.25) is 5.91 Å². The lowest BCUT2D eigenvalue weighted by molar-refractivity contribution is -0.124. The lowest BCUT2D eigenvalue weighted by Gasteiger charge is -2.24. The first-order chi connectivity index (χ1) is 10.0. The zero-order chi connectivity index (χ0) is 15.6. The minimum atomic E-state index is -1.09. The molecule has 0 aliphatic carbocycles. The summed E-state index contributed by atoms with van der Waals surface area (Å²) in [7, 11) is 1.37. The SMILES string of the molecule is CNC(=O)C(CCC=O)N1C(=O)c2ccc(F)cc2C1=O. The molecule has 0 spiro atoms. The second-order valence-corrected chi connectivity index (χ2v) is 4.54. The van der Waals surface area contributed by atoms with Crippen molar-refractivity contribution in [2.24, 2.45) is 0 Å². The second kappa shape index (κ2) is 5.82. The molecule has 0 saturated heterocycles. The van der Waals surface area contributed by atoms with Crippen LogP contribution in [-0.4, -0.2) is 42.0 Å². The third kappa shape index (κ3) is 2.54. The first-order valence-corrected chi connectivity index (χ1v) is 6.34. The van der Waals surface area contributed by atoms with Crippen LogP contribution in [0.25, 0.3) is 0 Å². The molecule has 1 aliphatic heterocycles. The van der Waals surface area contributed by atoms with Crippen molar-refractivity contribution in [2.75, 3.05) is 7.05 Å². The van der Waals surface area contributed by atoms with Gasteiger partial charge >= 0.3 is 0 Å². The molecule has 6 nitrogen and oxygen atoms in total. The summed E-state index contributed by atoms with van der Waals surface area (Å²) in [6.45, 7) is 0. The second-order valence-electron chi connectivity index (χ2n) is 4.54. The van der Waals surface area contributed by atoms with E-state index in [1.54, 1.807) is 0 Å². The average molecular weight is 292 g/mol. The van der Waals surface area contributed by atoms with Crippen LogP contribution >= 0.6 is 0 Å². The van der Waals surface area contributed by atoms with Crippen LogP contribution in [0.3, 0.4) is 0 Å². The summed E-state index contributed by atoms with van der Waals surface area (Å²) in [5, 5.41) is 2.36. The number of halogens is 1. The molecule has 3 amide bonds. The van der Waals surface area contributed by atoms with Gasteiger partial charge < -0.3 is 10.1 Å². The predicted octanol–water partition coefficient (Wildman–Crippen LogP) is 0.515. The fourth-order valence-electron chi connectivity index (χ4n) is 2.28. The van der Waals surface area contributed by atoms with Crippen molar-refractivity contribution in [3.63, 3.8) is 0 Å². The molecular formula is C14H13FN2O4. The molecular weight excluding hydrogens is 279 g/mol. The van der Waals surface area contributed by atoms with Crippen molar-refractivity contribution in [3.8, 4) is 0 Å². The first kappa shape index (κ1) is 14.8. The molecule has 1 N–H and O–H groups in total. The zero-order valence-electron chi connectivity index (χ0n) is 11.3. The summed E-state index contributed by atoms with van der Waals surface area (Å²) in [4.78, 5) is 47.7. The van der Waals surface area contributed by atoms with E-state index in [2.05, 4.69) is 5.32 Å². The molecule has 1 aromatic rings. The molecule has 0 saturated carbocycles. The molecule has 0 bridgehead atoms. The van der Waals surface area contributed by atoms with Crippen LogP contribution in [0.1, 0.15) is 33.6 Å². The van der Waals surface area contributed by atoms with Gasteiger partial charge in [-0.05, 0) is 24.6 Å². The topological polar surface area (TPSA) is 83.6 Å². The Labute approximate surface area is 119 Å². The van der Waals surface area contributed by atoms with Crippen LogP contribution in [0.5, 0.6) is 0 Å². The third-order valence-corrected chi connectivity index (χ3v) is 3.30. The van der Waals surface area contributed by atoms with E-state index in [9.17, 15) is 23.6 Å². The molecule has 1 aromatic carbocycles. The summed E-state index contributed by atoms with van der Waals surface area (Å²) in [6.07, 6.45) is 0.657. The van der Waals surface area contributed by atoms with Crippen molar-refractivity contribution in [3.05, 3.63) is 35.1 Å². The number of aldehydes is 1. The number of hydrogen-bond acceptors (Lipinski definition) is 4. The fourth-order valence-corrected chi connectivity index (χ4v) is 2.28. The quantitative estimate of drug-likeness (QED) is 0.633. The van der Waals surface area contributed by atoms with Crippen molar-refractivity contribution < 1.29 is 23.6 Å². The highest BCUT2D eigenvalue weighted by Crippen LogP contribution is 2.26. The molecule has 110 valence electrons. The molecule has 1 atom stereocenters. The minimum absolute atomic E-state index is 0.0249. The van der Waals surface area contributed by atoms with Crippen LogP contribution in [-0.2, 0) is 9.59 Å². The van der Waals surface area contributed by atoms with Crippen molar-refractivity contribution in [2.45, 2.75) is 18.9 Å². The number of carbonyl (C=O) groups excluding carboxylic acids is 4. The van der Waals surface area contributed by atoms with Gasteiger partial charge in [-0.1, -0.05) is 0 Å². The smallest absolute Gasteiger partial charge is 0.262 e. The van der Waals surface area contributed by atoms with Crippen molar-refractivity contribution in [1.29, 1.82) is 0 Å². The summed E-state index contributed by atoms with van der Waals surface area (Å²) in [5.74, 6) is -2.57. The molecule has 1 heterocycles. The van der Waals surface area contributed by atoms with E-state index in [1.165, 1.54) is 13.1 Å². The van der Waals surface area contributed by atoms with Gasteiger partial charge in [-0.15, -0.1) is 0 Å². The molecule has 1 unspecified atom stereocenters. The number of carbonyl (C=O) groups is 4. The van der Waals surface area contributed by atoms with Gasteiger partial charge in [0.15, 0.2) is 0 Å². The lowest BCUT2D eigenvalue weighted by Crippen LogP contribution is -2.48. The Morgan fingerprint density at radius 2 is 2.00 bits per heavy atom. The van der Waals surface area contributed by atoms with Crippen molar-refractivity contribution >= 4 is 24.0 Å². The summed E-state index contributed by atoms with van der Waals surface area (Å²) in [6, 6.07) is 2.17. The Morgan fingerprint density at radius 3 is 2.62 bits per heavy atom. The first-order valence-electron chi connectivity index (χ1n) is 6.34. The van der Waals surface area contributed by atoms with Crippen LogP contribution in [0.2, 0.25) is 0 Å². The van der Waals surface area contributed by atoms with E-state index >= 15 is 0 Å². The van der Waals surface area contributed by atoms with Crippen LogP contribution < -0.4 is 5.32 Å². The summed E-state index contributed by atoms with van der Waals surface area (Å²) in [5.41, 5.74) is -0.0126.